The zero-order valence-electron chi connectivity index (χ0n) is 32.0. The molecule has 47 heavy (non-hydrogen) atoms. The third-order valence-electron chi connectivity index (χ3n) is 10.4. The Morgan fingerprint density at radius 2 is 1.62 bits per heavy atom. The van der Waals surface area contributed by atoms with Crippen LogP contribution < -0.4 is 5.73 Å². The quantitative estimate of drug-likeness (QED) is 0.205. The van der Waals surface area contributed by atoms with Gasteiger partial charge < -0.3 is 5.73 Å². The average molecular weight is 630 g/mol. The van der Waals surface area contributed by atoms with Crippen LogP contribution >= 0.6 is 0 Å². The standard InChI is InChI=1S/C46H63N/c1-15-30(4)40(23-19-33(7)45(9,10)11)41-26-27-43(44(47)34(41)8)37-21-24-42(36(17-3)29-37)35(16-2)20-18-31(5)39-25-22-38(28-32(39)6)46(12,13)14/h16,18-28,30,36H,5,15,17,29,47H2,1-4,6-14H3/b20-18-,33-19+,35-16+,40-23+. The maximum atomic E-state index is 6.97. The highest BCUT2D eigenvalue weighted by Crippen LogP contribution is 2.41. The number of anilines is 1. The number of rotatable bonds is 10. The Balaban J connectivity index is 1.95. The summed E-state index contributed by atoms with van der Waals surface area (Å²) in [7, 11) is 0. The molecule has 0 aliphatic heterocycles. The average Bonchev–Trinajstić information content (AvgIpc) is 3.01. The normalized spacial score (nSPS) is 17.6. The van der Waals surface area contributed by atoms with E-state index < -0.39 is 0 Å². The molecule has 2 atom stereocenters. The second-order valence-electron chi connectivity index (χ2n) is 15.7. The molecule has 0 saturated heterocycles. The molecule has 0 bridgehead atoms. The van der Waals surface area contributed by atoms with Crippen molar-refractivity contribution in [3.8, 4) is 0 Å². The Labute approximate surface area is 288 Å². The molecule has 0 amide bonds. The highest BCUT2D eigenvalue weighted by molar-refractivity contribution is 5.84. The minimum Gasteiger partial charge on any atom is -0.398 e. The molecule has 0 radical (unpaired) electrons. The minimum atomic E-state index is 0.134. The van der Waals surface area contributed by atoms with Gasteiger partial charge in [-0.2, -0.15) is 0 Å². The predicted molar refractivity (Wildman–Crippen MR) is 213 cm³/mol. The van der Waals surface area contributed by atoms with E-state index in [1.807, 2.05) is 0 Å². The summed E-state index contributed by atoms with van der Waals surface area (Å²) in [5, 5.41) is 0. The Morgan fingerprint density at radius 1 is 0.957 bits per heavy atom. The third kappa shape index (κ3) is 9.07. The van der Waals surface area contributed by atoms with E-state index in [9.17, 15) is 0 Å². The lowest BCUT2D eigenvalue weighted by molar-refractivity contribution is 0.504. The molecular weight excluding hydrogens is 567 g/mol. The van der Waals surface area contributed by atoms with Crippen molar-refractivity contribution in [3.05, 3.63) is 130 Å². The van der Waals surface area contributed by atoms with Crippen molar-refractivity contribution in [2.24, 2.45) is 17.3 Å². The van der Waals surface area contributed by atoms with Crippen LogP contribution in [0.4, 0.5) is 5.69 Å². The van der Waals surface area contributed by atoms with Crippen LogP contribution in [0, 0.1) is 31.1 Å². The number of allylic oxidation sites excluding steroid dienone is 13. The molecule has 1 aliphatic carbocycles. The van der Waals surface area contributed by atoms with Crippen molar-refractivity contribution >= 4 is 22.4 Å². The van der Waals surface area contributed by atoms with E-state index in [-0.39, 0.29) is 10.8 Å². The van der Waals surface area contributed by atoms with Crippen LogP contribution in [-0.2, 0) is 5.41 Å². The maximum absolute atomic E-state index is 6.97. The molecule has 0 aromatic heterocycles. The van der Waals surface area contributed by atoms with Crippen molar-refractivity contribution in [1.29, 1.82) is 0 Å². The van der Waals surface area contributed by atoms with Crippen LogP contribution in [0.3, 0.4) is 0 Å². The summed E-state index contributed by atoms with van der Waals surface area (Å²) < 4.78 is 0. The van der Waals surface area contributed by atoms with Gasteiger partial charge in [-0.1, -0.05) is 147 Å². The first-order chi connectivity index (χ1) is 21.9. The van der Waals surface area contributed by atoms with Crippen molar-refractivity contribution in [1.82, 2.24) is 0 Å². The van der Waals surface area contributed by atoms with Gasteiger partial charge in [-0.15, -0.1) is 0 Å². The van der Waals surface area contributed by atoms with E-state index in [1.165, 1.54) is 61.2 Å². The topological polar surface area (TPSA) is 26.0 Å². The SMILES string of the molecule is C=C(/C=C\C(=C/C)C1=CC=C(c2ccc(/C(=C/C=C(\C)C(C)(C)C)C(C)CC)c(C)c2N)CC1CC)c1ccc(C(C)(C)C)cc1C. The molecule has 3 rings (SSSR count). The van der Waals surface area contributed by atoms with Gasteiger partial charge in [0.15, 0.2) is 0 Å². The first-order valence-electron chi connectivity index (χ1n) is 17.8. The Hall–Kier alpha value is -3.58. The van der Waals surface area contributed by atoms with Gasteiger partial charge in [0.25, 0.3) is 0 Å². The first-order valence-corrected chi connectivity index (χ1v) is 17.8. The van der Waals surface area contributed by atoms with E-state index in [1.54, 1.807) is 0 Å². The largest absolute Gasteiger partial charge is 0.398 e. The van der Waals surface area contributed by atoms with E-state index in [0.717, 1.165) is 30.5 Å². The Bertz CT molecular complexity index is 1650. The van der Waals surface area contributed by atoms with E-state index >= 15 is 0 Å². The fraction of sp³-hybridized carbons (Fsp3) is 0.435. The van der Waals surface area contributed by atoms with E-state index in [2.05, 4.69) is 169 Å². The lowest BCUT2D eigenvalue weighted by Gasteiger charge is -2.27. The second kappa shape index (κ2) is 15.5. The molecule has 2 unspecified atom stereocenters. The van der Waals surface area contributed by atoms with Crippen LogP contribution in [0.15, 0.2) is 96.2 Å². The fourth-order valence-electron chi connectivity index (χ4n) is 6.32. The predicted octanol–water partition coefficient (Wildman–Crippen LogP) is 13.6. The lowest BCUT2D eigenvalue weighted by atomic mass is 9.78. The van der Waals surface area contributed by atoms with Crippen molar-refractivity contribution in [2.75, 3.05) is 5.73 Å². The van der Waals surface area contributed by atoms with Gasteiger partial charge >= 0.3 is 0 Å². The smallest absolute Gasteiger partial charge is 0.0426 e. The summed E-state index contributed by atoms with van der Waals surface area (Å²) in [6.45, 7) is 33.7. The molecule has 0 saturated carbocycles. The highest BCUT2D eigenvalue weighted by Gasteiger charge is 2.23. The maximum Gasteiger partial charge on any atom is 0.0426 e. The molecule has 0 heterocycles. The van der Waals surface area contributed by atoms with Gasteiger partial charge in [-0.3, -0.25) is 0 Å². The summed E-state index contributed by atoms with van der Waals surface area (Å²) in [4.78, 5) is 0. The molecule has 0 spiro atoms. The molecule has 2 aromatic rings. The Kier molecular flexibility index (Phi) is 12.5. The number of aryl methyl sites for hydroxylation is 1. The number of hydrogen-bond donors (Lipinski definition) is 1. The molecule has 1 heteroatoms. The van der Waals surface area contributed by atoms with Crippen LogP contribution in [0.2, 0.25) is 0 Å². The summed E-state index contributed by atoms with van der Waals surface area (Å²) in [5.74, 6) is 0.870. The number of nitrogens with two attached hydrogens (primary N) is 1. The molecule has 0 fully saturated rings. The third-order valence-corrected chi connectivity index (χ3v) is 10.4. The highest BCUT2D eigenvalue weighted by atomic mass is 14.6. The van der Waals surface area contributed by atoms with E-state index in [4.69, 9.17) is 5.73 Å². The van der Waals surface area contributed by atoms with Gasteiger partial charge in [0, 0.05) is 11.3 Å². The first kappa shape index (κ1) is 37.9. The molecule has 252 valence electrons. The van der Waals surface area contributed by atoms with Crippen LogP contribution in [0.5, 0.6) is 0 Å². The zero-order valence-corrected chi connectivity index (χ0v) is 32.0. The van der Waals surface area contributed by atoms with Crippen molar-refractivity contribution < 1.29 is 0 Å². The van der Waals surface area contributed by atoms with Crippen LogP contribution in [-0.4, -0.2) is 0 Å². The second-order valence-corrected chi connectivity index (χ2v) is 15.7. The summed E-state index contributed by atoms with van der Waals surface area (Å²) in [6.07, 6.45) is 19.1. The van der Waals surface area contributed by atoms with Gasteiger partial charge in [-0.05, 0) is 125 Å². The molecule has 2 N–H and O–H groups in total. The molecular formula is C46H63N. The van der Waals surface area contributed by atoms with Crippen molar-refractivity contribution in [3.63, 3.8) is 0 Å². The van der Waals surface area contributed by atoms with Gasteiger partial charge in [0.05, 0.1) is 0 Å². The lowest BCUT2D eigenvalue weighted by Crippen LogP contribution is -2.11. The summed E-state index contributed by atoms with van der Waals surface area (Å²) >= 11 is 0. The summed E-state index contributed by atoms with van der Waals surface area (Å²) in [6, 6.07) is 11.3. The fourth-order valence-corrected chi connectivity index (χ4v) is 6.32. The van der Waals surface area contributed by atoms with Gasteiger partial charge in [0.2, 0.25) is 0 Å². The van der Waals surface area contributed by atoms with Crippen LogP contribution in [0.25, 0.3) is 16.7 Å². The molecule has 1 nitrogen and oxygen atoms in total. The van der Waals surface area contributed by atoms with Gasteiger partial charge in [-0.25, -0.2) is 0 Å². The molecule has 2 aromatic carbocycles. The number of hydrogen-bond acceptors (Lipinski definition) is 1. The monoisotopic (exact) mass is 629 g/mol. The number of benzene rings is 2. The molecule has 1 aliphatic rings. The van der Waals surface area contributed by atoms with Gasteiger partial charge in [0.1, 0.15) is 0 Å². The minimum absolute atomic E-state index is 0.134. The Morgan fingerprint density at radius 3 is 2.17 bits per heavy atom. The number of nitrogen functional groups attached to an aromatic ring is 1. The zero-order chi connectivity index (χ0) is 35.3. The van der Waals surface area contributed by atoms with Crippen molar-refractivity contribution in [2.45, 2.75) is 115 Å². The van der Waals surface area contributed by atoms with E-state index in [0.29, 0.717) is 11.8 Å². The van der Waals surface area contributed by atoms with Crippen LogP contribution in [0.1, 0.15) is 129 Å². The summed E-state index contributed by atoms with van der Waals surface area (Å²) in [5.41, 5.74) is 23.4.